The maximum atomic E-state index is 12.6. The highest BCUT2D eigenvalue weighted by Crippen LogP contribution is 2.33. The first-order chi connectivity index (χ1) is 31.3. The van der Waals surface area contributed by atoms with Crippen molar-refractivity contribution in [2.45, 2.75) is 97.1 Å². The Bertz CT molecular complexity index is 2970. The van der Waals surface area contributed by atoms with Gasteiger partial charge in [0.05, 0.1) is 58.7 Å². The summed E-state index contributed by atoms with van der Waals surface area (Å²) in [6.07, 6.45) is 7.71. The number of aromatic nitrogens is 6. The van der Waals surface area contributed by atoms with Gasteiger partial charge in [-0.2, -0.15) is 10.2 Å². The normalized spacial score (nSPS) is 13.9. The van der Waals surface area contributed by atoms with Crippen LogP contribution < -0.4 is 21.3 Å². The van der Waals surface area contributed by atoms with Crippen LogP contribution in [0, 0.1) is 13.8 Å². The van der Waals surface area contributed by atoms with Crippen LogP contribution in [0.25, 0.3) is 45.1 Å². The number of aliphatic hydroxyl groups excluding tert-OH is 1. The number of hydrogen-bond acceptors (Lipinski definition) is 11. The predicted octanol–water partition coefficient (Wildman–Crippen LogP) is 8.13. The third-order valence-corrected chi connectivity index (χ3v) is 11.8. The van der Waals surface area contributed by atoms with Crippen LogP contribution in [0.3, 0.4) is 0 Å². The molecule has 0 unspecified atom stereocenters. The third kappa shape index (κ3) is 11.0. The van der Waals surface area contributed by atoms with Crippen molar-refractivity contribution in [2.24, 2.45) is 0 Å². The van der Waals surface area contributed by atoms with E-state index in [0.29, 0.717) is 74.2 Å². The number of nitrogens with one attached hydrogen (secondary N) is 4. The van der Waals surface area contributed by atoms with Crippen LogP contribution in [0.4, 0.5) is 11.4 Å². The molecule has 0 saturated heterocycles. The zero-order valence-corrected chi connectivity index (χ0v) is 40.0. The SMILES string of the molecule is Cc1cc(-c2cnc3c(NCC(C)(C)O)cc(-c4ccc(Cl)cc4CO)nn23)ccc1C(=O)NC1CC1.Cc1cc(-c2cnc3c(NCC(C)(C)O)cc(Br)nn23)ccc1C(=O)NC1CC1. The van der Waals surface area contributed by atoms with Crippen molar-refractivity contribution in [2.75, 3.05) is 23.7 Å². The molecule has 2 aliphatic rings. The summed E-state index contributed by atoms with van der Waals surface area (Å²) in [5.74, 6) is -0.0730. The van der Waals surface area contributed by atoms with Gasteiger partial charge in [-0.1, -0.05) is 29.8 Å². The Morgan fingerprint density at radius 1 is 0.712 bits per heavy atom. The Morgan fingerprint density at radius 2 is 1.20 bits per heavy atom. The molecular formula is C49H54BrClN10O5. The number of amides is 2. The first-order valence-electron chi connectivity index (χ1n) is 21.9. The maximum absolute atomic E-state index is 12.6. The lowest BCUT2D eigenvalue weighted by molar-refractivity contribution is 0.0939. The summed E-state index contributed by atoms with van der Waals surface area (Å²) in [5, 5.41) is 52.8. The van der Waals surface area contributed by atoms with E-state index < -0.39 is 11.2 Å². The second-order valence-electron chi connectivity index (χ2n) is 18.4. The Balaban J connectivity index is 0.000000185. The topological polar surface area (TPSA) is 203 Å². The van der Waals surface area contributed by atoms with Crippen molar-refractivity contribution in [1.29, 1.82) is 0 Å². The average molecular weight is 978 g/mol. The van der Waals surface area contributed by atoms with Crippen LogP contribution >= 0.6 is 27.5 Å². The smallest absolute Gasteiger partial charge is 0.251 e. The van der Waals surface area contributed by atoms with Gasteiger partial charge in [0.15, 0.2) is 11.3 Å². The Kier molecular flexibility index (Phi) is 13.3. The summed E-state index contributed by atoms with van der Waals surface area (Å²) < 4.78 is 4.16. The van der Waals surface area contributed by atoms with E-state index >= 15 is 0 Å². The van der Waals surface area contributed by atoms with Crippen molar-refractivity contribution < 1.29 is 24.9 Å². The number of aliphatic hydroxyl groups is 3. The van der Waals surface area contributed by atoms with Gasteiger partial charge in [0.25, 0.3) is 11.8 Å². The molecule has 2 amide bonds. The Hall–Kier alpha value is -5.91. The molecule has 7 aromatic rings. The van der Waals surface area contributed by atoms with Crippen molar-refractivity contribution in [3.63, 3.8) is 0 Å². The highest BCUT2D eigenvalue weighted by molar-refractivity contribution is 9.10. The number of carbonyl (C=O) groups excluding carboxylic acids is 2. The summed E-state index contributed by atoms with van der Waals surface area (Å²) in [4.78, 5) is 34.2. The summed E-state index contributed by atoms with van der Waals surface area (Å²) in [6.45, 7) is 11.3. The van der Waals surface area contributed by atoms with Crippen molar-refractivity contribution in [1.82, 2.24) is 39.8 Å². The molecule has 0 spiro atoms. The molecule has 7 N–H and O–H groups in total. The fourth-order valence-electron chi connectivity index (χ4n) is 7.40. The molecule has 2 aliphatic carbocycles. The van der Waals surface area contributed by atoms with Crippen LogP contribution in [0.2, 0.25) is 5.02 Å². The lowest BCUT2D eigenvalue weighted by atomic mass is 10.0. The molecule has 344 valence electrons. The molecule has 0 bridgehead atoms. The fraction of sp³-hybridized carbons (Fsp3) is 0.347. The standard InChI is InChI=1S/C28H30ClN5O3.C21H24BrN5O2/c1-16-10-17(4-8-21(16)27(36)32-20-6-7-20)25-13-30-26-24(31-15-28(2,3)37)12-23(33-34(25)26)22-9-5-19(29)11-18(22)14-35;1-12-8-13(4-7-15(12)20(28)25-14-5-6-14)17-10-23-19-16(24-11-21(2,3)29)9-18(22)26-27(17)19/h4-5,8-13,20,31,35,37H,6-7,14-15H2,1-3H3,(H,32,36);4,7-10,14,24,29H,5-6,11H2,1-3H3,(H,25,28). The van der Waals surface area contributed by atoms with Crippen molar-refractivity contribution in [3.05, 3.63) is 117 Å². The molecule has 2 fully saturated rings. The number of fused-ring (bicyclic) bond motifs is 2. The molecule has 9 rings (SSSR count). The molecule has 17 heteroatoms. The van der Waals surface area contributed by atoms with E-state index in [0.717, 1.165) is 70.6 Å². The van der Waals surface area contributed by atoms with Gasteiger partial charge in [0.1, 0.15) is 4.60 Å². The van der Waals surface area contributed by atoms with Gasteiger partial charge in [-0.15, -0.1) is 0 Å². The van der Waals surface area contributed by atoms with Gasteiger partial charge in [0, 0.05) is 58.0 Å². The van der Waals surface area contributed by atoms with Gasteiger partial charge in [-0.25, -0.2) is 19.0 Å². The lowest BCUT2D eigenvalue weighted by Gasteiger charge is -2.19. The van der Waals surface area contributed by atoms with Gasteiger partial charge in [0.2, 0.25) is 0 Å². The Morgan fingerprint density at radius 3 is 1.65 bits per heavy atom. The van der Waals surface area contributed by atoms with E-state index in [2.05, 4.69) is 52.3 Å². The van der Waals surface area contributed by atoms with Crippen LogP contribution in [0.15, 0.2) is 83.7 Å². The average Bonchev–Trinajstić information content (AvgIpc) is 4.17. The van der Waals surface area contributed by atoms with Gasteiger partial charge < -0.3 is 36.6 Å². The minimum Gasteiger partial charge on any atom is -0.392 e. The maximum Gasteiger partial charge on any atom is 0.251 e. The molecule has 15 nitrogen and oxygen atoms in total. The number of carbonyl (C=O) groups is 2. The van der Waals surface area contributed by atoms with Crippen LogP contribution in [0.5, 0.6) is 0 Å². The molecule has 4 aromatic heterocycles. The quantitative estimate of drug-likeness (QED) is 0.0555. The van der Waals surface area contributed by atoms with Gasteiger partial charge in [-0.05, 0) is 148 Å². The second kappa shape index (κ2) is 18.8. The summed E-state index contributed by atoms with van der Waals surface area (Å²) >= 11 is 9.62. The van der Waals surface area contributed by atoms with E-state index in [9.17, 15) is 24.9 Å². The number of rotatable bonds is 14. The van der Waals surface area contributed by atoms with Crippen molar-refractivity contribution >= 4 is 62.0 Å². The van der Waals surface area contributed by atoms with Gasteiger partial charge in [-0.3, -0.25) is 9.59 Å². The zero-order chi connectivity index (χ0) is 47.1. The molecule has 66 heavy (non-hydrogen) atoms. The van der Waals surface area contributed by atoms with Gasteiger partial charge >= 0.3 is 0 Å². The highest BCUT2D eigenvalue weighted by Gasteiger charge is 2.26. The summed E-state index contributed by atoms with van der Waals surface area (Å²) in [6, 6.07) is 21.1. The molecule has 3 aromatic carbocycles. The first kappa shape index (κ1) is 46.6. The molecule has 4 heterocycles. The molecular weight excluding hydrogens is 924 g/mol. The molecule has 0 atom stereocenters. The zero-order valence-electron chi connectivity index (χ0n) is 37.7. The number of anilines is 2. The molecule has 2 saturated carbocycles. The minimum absolute atomic E-state index is 0.0198. The summed E-state index contributed by atoms with van der Waals surface area (Å²) in [7, 11) is 0. The number of benzene rings is 3. The largest absolute Gasteiger partial charge is 0.392 e. The first-order valence-corrected chi connectivity index (χ1v) is 23.1. The molecule has 0 radical (unpaired) electrons. The van der Waals surface area contributed by atoms with E-state index in [1.54, 1.807) is 61.3 Å². The van der Waals surface area contributed by atoms with E-state index in [-0.39, 0.29) is 18.4 Å². The number of aryl methyl sites for hydroxylation is 2. The minimum atomic E-state index is -0.944. The van der Waals surface area contributed by atoms with E-state index in [4.69, 9.17) is 16.7 Å². The number of imidazole rings is 2. The van der Waals surface area contributed by atoms with Crippen molar-refractivity contribution in [3.8, 4) is 33.8 Å². The second-order valence-corrected chi connectivity index (χ2v) is 19.7. The third-order valence-electron chi connectivity index (χ3n) is 11.2. The molecule has 0 aliphatic heterocycles. The van der Waals surface area contributed by atoms with Crippen LogP contribution in [0.1, 0.15) is 90.8 Å². The monoisotopic (exact) mass is 976 g/mol. The number of hydrogen-bond donors (Lipinski definition) is 7. The predicted molar refractivity (Wildman–Crippen MR) is 261 cm³/mol. The fourth-order valence-corrected chi connectivity index (χ4v) is 7.98. The van der Waals surface area contributed by atoms with E-state index in [1.807, 2.05) is 68.4 Å². The lowest BCUT2D eigenvalue weighted by Crippen LogP contribution is -2.29. The highest BCUT2D eigenvalue weighted by atomic mass is 79.9. The number of nitrogens with zero attached hydrogens (tertiary/aromatic N) is 6. The summed E-state index contributed by atoms with van der Waals surface area (Å²) in [5.41, 5.74) is 9.41. The van der Waals surface area contributed by atoms with E-state index in [1.165, 1.54) is 0 Å². The van der Waals surface area contributed by atoms with Crippen LogP contribution in [-0.4, -0.2) is 92.7 Å². The Labute approximate surface area is 396 Å². The number of halogens is 2. The van der Waals surface area contributed by atoms with Crippen LogP contribution in [-0.2, 0) is 6.61 Å².